The molecule has 0 aromatic heterocycles. The fourth-order valence-electron chi connectivity index (χ4n) is 2.49. The topological polar surface area (TPSA) is 12.0 Å². The molecular weight excluding hydrogens is 296 g/mol. The minimum absolute atomic E-state index is 0.0564. The van der Waals surface area contributed by atoms with Crippen LogP contribution < -0.4 is 5.32 Å². The summed E-state index contributed by atoms with van der Waals surface area (Å²) in [5.74, 6) is -0.416. The second kappa shape index (κ2) is 8.86. The van der Waals surface area contributed by atoms with E-state index < -0.39 is 5.82 Å². The van der Waals surface area contributed by atoms with Crippen molar-refractivity contribution >= 4 is 23.2 Å². The van der Waals surface area contributed by atoms with Crippen molar-refractivity contribution in [2.45, 2.75) is 65.0 Å². The maximum Gasteiger partial charge on any atom is 0.142 e. The van der Waals surface area contributed by atoms with Gasteiger partial charge in [-0.25, -0.2) is 4.39 Å². The van der Waals surface area contributed by atoms with Crippen LogP contribution in [0.5, 0.6) is 0 Å². The van der Waals surface area contributed by atoms with Gasteiger partial charge in [0.2, 0.25) is 0 Å². The first-order chi connectivity index (χ1) is 9.51. The van der Waals surface area contributed by atoms with Gasteiger partial charge in [-0.3, -0.25) is 0 Å². The molecule has 0 saturated heterocycles. The molecule has 1 aromatic rings. The molecule has 4 heteroatoms. The van der Waals surface area contributed by atoms with Gasteiger partial charge in [-0.1, -0.05) is 56.3 Å². The third-order valence-corrected chi connectivity index (χ3v) is 4.26. The van der Waals surface area contributed by atoms with Crippen LogP contribution in [-0.4, -0.2) is 6.04 Å². The highest BCUT2D eigenvalue weighted by molar-refractivity contribution is 6.36. The molecule has 0 aliphatic rings. The Kier molecular flexibility index (Phi) is 7.86. The quantitative estimate of drug-likeness (QED) is 0.567. The van der Waals surface area contributed by atoms with Crippen LogP contribution in [0.25, 0.3) is 0 Å². The summed E-state index contributed by atoms with van der Waals surface area (Å²) in [5.41, 5.74) is 0.658. The van der Waals surface area contributed by atoms with E-state index in [4.69, 9.17) is 23.2 Å². The van der Waals surface area contributed by atoms with E-state index in [2.05, 4.69) is 19.2 Å². The third-order valence-electron chi connectivity index (χ3n) is 3.54. The Morgan fingerprint density at radius 1 is 1.15 bits per heavy atom. The number of nitrogens with one attached hydrogen (secondary N) is 1. The lowest BCUT2D eigenvalue weighted by molar-refractivity contribution is 0.395. The Labute approximate surface area is 131 Å². The summed E-state index contributed by atoms with van der Waals surface area (Å²) in [5, 5.41) is 4.19. The van der Waals surface area contributed by atoms with Gasteiger partial charge in [0.25, 0.3) is 0 Å². The molecule has 0 heterocycles. The normalized spacial score (nSPS) is 14.3. The van der Waals surface area contributed by atoms with Gasteiger partial charge in [0, 0.05) is 22.7 Å². The molecule has 0 bridgehead atoms. The van der Waals surface area contributed by atoms with Crippen molar-refractivity contribution < 1.29 is 4.39 Å². The van der Waals surface area contributed by atoms with Gasteiger partial charge in [0.1, 0.15) is 5.82 Å². The van der Waals surface area contributed by atoms with Crippen LogP contribution in [0, 0.1) is 5.82 Å². The van der Waals surface area contributed by atoms with E-state index in [-0.39, 0.29) is 11.1 Å². The van der Waals surface area contributed by atoms with Crippen LogP contribution in [0.3, 0.4) is 0 Å². The van der Waals surface area contributed by atoms with E-state index in [1.807, 2.05) is 6.92 Å². The standard InChI is InChI=1S/C16H24Cl2FN/c1-4-6-8-12(7-5-2)20-11(3)15-13(17)9-10-14(19)16(15)18/h9-12,20H,4-8H2,1-3H3. The minimum Gasteiger partial charge on any atom is -0.307 e. The molecule has 114 valence electrons. The molecule has 0 aliphatic carbocycles. The molecule has 2 atom stereocenters. The molecule has 2 unspecified atom stereocenters. The van der Waals surface area contributed by atoms with E-state index >= 15 is 0 Å². The van der Waals surface area contributed by atoms with Crippen LogP contribution in [0.1, 0.15) is 64.5 Å². The van der Waals surface area contributed by atoms with Gasteiger partial charge >= 0.3 is 0 Å². The predicted octanol–water partition coefficient (Wildman–Crippen LogP) is 6.14. The first kappa shape index (κ1) is 17.7. The summed E-state index contributed by atoms with van der Waals surface area (Å²) in [7, 11) is 0. The summed E-state index contributed by atoms with van der Waals surface area (Å²) in [6.07, 6.45) is 5.72. The van der Waals surface area contributed by atoms with Crippen molar-refractivity contribution in [1.82, 2.24) is 5.32 Å². The van der Waals surface area contributed by atoms with E-state index in [1.165, 1.54) is 18.9 Å². The summed E-state index contributed by atoms with van der Waals surface area (Å²) in [4.78, 5) is 0. The van der Waals surface area contributed by atoms with Gasteiger partial charge in [0.05, 0.1) is 5.02 Å². The predicted molar refractivity (Wildman–Crippen MR) is 86.2 cm³/mol. The molecule has 0 radical (unpaired) electrons. The van der Waals surface area contributed by atoms with Crippen molar-refractivity contribution in [3.05, 3.63) is 33.6 Å². The number of unbranched alkanes of at least 4 members (excludes halogenated alkanes) is 1. The summed E-state index contributed by atoms with van der Waals surface area (Å²) in [6.45, 7) is 6.35. The molecule has 0 fully saturated rings. The van der Waals surface area contributed by atoms with Crippen LogP contribution in [0.2, 0.25) is 10.0 Å². The van der Waals surface area contributed by atoms with Crippen LogP contribution in [0.15, 0.2) is 12.1 Å². The molecule has 0 amide bonds. The zero-order chi connectivity index (χ0) is 15.1. The molecule has 0 aliphatic heterocycles. The molecule has 0 saturated carbocycles. The number of rotatable bonds is 8. The van der Waals surface area contributed by atoms with E-state index in [0.29, 0.717) is 16.6 Å². The second-order valence-electron chi connectivity index (χ2n) is 5.27. The van der Waals surface area contributed by atoms with E-state index in [0.717, 1.165) is 19.3 Å². The lowest BCUT2D eigenvalue weighted by atomic mass is 10.0. The van der Waals surface area contributed by atoms with Gasteiger partial charge in [-0.15, -0.1) is 0 Å². The highest BCUT2D eigenvalue weighted by atomic mass is 35.5. The smallest absolute Gasteiger partial charge is 0.142 e. The van der Waals surface area contributed by atoms with Gasteiger partial charge < -0.3 is 5.32 Å². The highest BCUT2D eigenvalue weighted by Gasteiger charge is 2.19. The average molecular weight is 320 g/mol. The van der Waals surface area contributed by atoms with Crippen molar-refractivity contribution in [3.63, 3.8) is 0 Å². The number of halogens is 3. The van der Waals surface area contributed by atoms with Crippen LogP contribution in [-0.2, 0) is 0 Å². The Morgan fingerprint density at radius 3 is 2.45 bits per heavy atom. The molecule has 1 nitrogen and oxygen atoms in total. The first-order valence-electron chi connectivity index (χ1n) is 7.40. The molecule has 1 rings (SSSR count). The van der Waals surface area contributed by atoms with Crippen molar-refractivity contribution in [2.75, 3.05) is 0 Å². The molecule has 1 N–H and O–H groups in total. The zero-order valence-electron chi connectivity index (χ0n) is 12.5. The largest absolute Gasteiger partial charge is 0.307 e. The first-order valence-corrected chi connectivity index (χ1v) is 8.16. The zero-order valence-corrected chi connectivity index (χ0v) is 14.0. The molecule has 20 heavy (non-hydrogen) atoms. The molecular formula is C16H24Cl2FN. The van der Waals surface area contributed by atoms with Crippen molar-refractivity contribution in [2.24, 2.45) is 0 Å². The van der Waals surface area contributed by atoms with E-state index in [9.17, 15) is 4.39 Å². The number of benzene rings is 1. The lowest BCUT2D eigenvalue weighted by Gasteiger charge is -2.25. The Morgan fingerprint density at radius 2 is 1.85 bits per heavy atom. The number of hydrogen-bond donors (Lipinski definition) is 1. The Hall–Kier alpha value is -0.310. The van der Waals surface area contributed by atoms with Gasteiger partial charge in [0.15, 0.2) is 0 Å². The average Bonchev–Trinajstić information content (AvgIpc) is 2.41. The van der Waals surface area contributed by atoms with Crippen molar-refractivity contribution in [3.8, 4) is 0 Å². The maximum absolute atomic E-state index is 13.6. The van der Waals surface area contributed by atoms with Crippen LogP contribution >= 0.6 is 23.2 Å². The monoisotopic (exact) mass is 319 g/mol. The Bertz CT molecular complexity index is 423. The highest BCUT2D eigenvalue weighted by Crippen LogP contribution is 2.32. The van der Waals surface area contributed by atoms with Gasteiger partial charge in [-0.05, 0) is 31.9 Å². The summed E-state index contributed by atoms with van der Waals surface area (Å²) >= 11 is 12.2. The van der Waals surface area contributed by atoms with E-state index in [1.54, 1.807) is 6.07 Å². The molecule has 1 aromatic carbocycles. The maximum atomic E-state index is 13.6. The fourth-order valence-corrected chi connectivity index (χ4v) is 3.18. The SMILES string of the molecule is CCCCC(CCC)NC(C)c1c(Cl)ccc(F)c1Cl. The lowest BCUT2D eigenvalue weighted by Crippen LogP contribution is -2.31. The van der Waals surface area contributed by atoms with Crippen molar-refractivity contribution in [1.29, 1.82) is 0 Å². The van der Waals surface area contributed by atoms with Crippen LogP contribution in [0.4, 0.5) is 4.39 Å². The summed E-state index contributed by atoms with van der Waals surface area (Å²) < 4.78 is 13.6. The third kappa shape index (κ3) is 4.91. The second-order valence-corrected chi connectivity index (χ2v) is 6.06. The van der Waals surface area contributed by atoms with Gasteiger partial charge in [-0.2, -0.15) is 0 Å². The molecule has 0 spiro atoms. The Balaban J connectivity index is 2.82. The number of hydrogen-bond acceptors (Lipinski definition) is 1. The summed E-state index contributed by atoms with van der Waals surface area (Å²) in [6, 6.07) is 3.24. The fraction of sp³-hybridized carbons (Fsp3) is 0.625. The minimum atomic E-state index is -0.416.